The number of halogens is 4. The molecule has 1 aromatic carbocycles. The third-order valence-electron chi connectivity index (χ3n) is 2.25. The molecule has 0 unspecified atom stereocenters. The highest BCUT2D eigenvalue weighted by Gasteiger charge is 2.31. The average molecular weight is 281 g/mol. The summed E-state index contributed by atoms with van der Waals surface area (Å²) >= 11 is 5.64. The van der Waals surface area contributed by atoms with Crippen molar-refractivity contribution in [2.45, 2.75) is 25.9 Å². The van der Waals surface area contributed by atoms with Crippen molar-refractivity contribution in [2.24, 2.45) is 0 Å². The molecule has 0 radical (unpaired) electrons. The zero-order valence-electron chi connectivity index (χ0n) is 9.68. The van der Waals surface area contributed by atoms with E-state index in [1.54, 1.807) is 0 Å². The van der Waals surface area contributed by atoms with E-state index in [1.807, 2.05) is 6.92 Å². The Morgan fingerprint density at radius 3 is 2.56 bits per heavy atom. The van der Waals surface area contributed by atoms with E-state index in [1.165, 1.54) is 0 Å². The molecule has 18 heavy (non-hydrogen) atoms. The zero-order chi connectivity index (χ0) is 13.8. The largest absolute Gasteiger partial charge is 0.462 e. The fourth-order valence-electron chi connectivity index (χ4n) is 1.24. The van der Waals surface area contributed by atoms with Crippen LogP contribution in [0.2, 0.25) is 5.02 Å². The van der Waals surface area contributed by atoms with Gasteiger partial charge in [-0.1, -0.05) is 24.9 Å². The van der Waals surface area contributed by atoms with Gasteiger partial charge in [-0.3, -0.25) is 0 Å². The maximum Gasteiger partial charge on any atom is 0.416 e. The molecule has 0 aromatic heterocycles. The van der Waals surface area contributed by atoms with E-state index in [4.69, 9.17) is 16.3 Å². The molecule has 0 saturated carbocycles. The lowest BCUT2D eigenvalue weighted by Crippen LogP contribution is -2.09. The number of rotatable bonds is 4. The summed E-state index contributed by atoms with van der Waals surface area (Å²) in [5, 5.41) is -0.258. The molecule has 6 heteroatoms. The first kappa shape index (κ1) is 14.8. The quantitative estimate of drug-likeness (QED) is 0.606. The second-order valence-corrected chi connectivity index (χ2v) is 4.09. The highest BCUT2D eigenvalue weighted by Crippen LogP contribution is 2.32. The maximum atomic E-state index is 12.4. The van der Waals surface area contributed by atoms with Crippen molar-refractivity contribution < 1.29 is 22.7 Å². The second kappa shape index (κ2) is 6.09. The summed E-state index contributed by atoms with van der Waals surface area (Å²) < 4.78 is 42.0. The number of alkyl halides is 3. The standard InChI is InChI=1S/C12H12ClF3O2/c1-2-3-6-18-11(17)9-5-4-8(7-10(9)13)12(14,15)16/h4-5,7H,2-3,6H2,1H3. The van der Waals surface area contributed by atoms with Crippen LogP contribution in [0.5, 0.6) is 0 Å². The van der Waals surface area contributed by atoms with Crippen molar-refractivity contribution >= 4 is 17.6 Å². The molecule has 0 fully saturated rings. The van der Waals surface area contributed by atoms with Gasteiger partial charge in [-0.15, -0.1) is 0 Å². The topological polar surface area (TPSA) is 26.3 Å². The van der Waals surface area contributed by atoms with E-state index in [0.717, 1.165) is 24.6 Å². The van der Waals surface area contributed by atoms with Crippen LogP contribution in [0.1, 0.15) is 35.7 Å². The van der Waals surface area contributed by atoms with Crippen molar-refractivity contribution in [3.05, 3.63) is 34.3 Å². The summed E-state index contributed by atoms with van der Waals surface area (Å²) in [6.45, 7) is 2.16. The summed E-state index contributed by atoms with van der Waals surface area (Å²) in [5.41, 5.74) is -0.946. The molecule has 0 atom stereocenters. The molecular formula is C12H12ClF3O2. The number of carbonyl (C=O) groups is 1. The van der Waals surface area contributed by atoms with Crippen LogP contribution in [0.4, 0.5) is 13.2 Å². The number of benzene rings is 1. The molecule has 0 N–H and O–H groups in total. The first-order chi connectivity index (χ1) is 8.36. The van der Waals surface area contributed by atoms with E-state index in [-0.39, 0.29) is 17.2 Å². The Morgan fingerprint density at radius 2 is 2.06 bits per heavy atom. The summed E-state index contributed by atoms with van der Waals surface area (Å²) in [4.78, 5) is 11.5. The normalized spacial score (nSPS) is 11.4. The van der Waals surface area contributed by atoms with Crippen LogP contribution in [-0.4, -0.2) is 12.6 Å². The van der Waals surface area contributed by atoms with Gasteiger partial charge in [0.2, 0.25) is 0 Å². The Morgan fingerprint density at radius 1 is 1.39 bits per heavy atom. The van der Waals surface area contributed by atoms with Crippen LogP contribution in [-0.2, 0) is 10.9 Å². The van der Waals surface area contributed by atoms with E-state index >= 15 is 0 Å². The van der Waals surface area contributed by atoms with Gasteiger partial charge in [-0.2, -0.15) is 13.2 Å². The molecule has 0 bridgehead atoms. The number of hydrogen-bond donors (Lipinski definition) is 0. The van der Waals surface area contributed by atoms with Gasteiger partial charge in [-0.25, -0.2) is 4.79 Å². The van der Waals surface area contributed by atoms with Crippen molar-refractivity contribution in [3.8, 4) is 0 Å². The molecule has 2 nitrogen and oxygen atoms in total. The highest BCUT2D eigenvalue weighted by atomic mass is 35.5. The smallest absolute Gasteiger partial charge is 0.416 e. The number of unbranched alkanes of at least 4 members (excludes halogenated alkanes) is 1. The van der Waals surface area contributed by atoms with E-state index in [2.05, 4.69) is 0 Å². The molecule has 0 aliphatic carbocycles. The zero-order valence-corrected chi connectivity index (χ0v) is 10.4. The van der Waals surface area contributed by atoms with Crippen LogP contribution in [0, 0.1) is 0 Å². The van der Waals surface area contributed by atoms with Gasteiger partial charge in [0.15, 0.2) is 0 Å². The lowest BCUT2D eigenvalue weighted by atomic mass is 10.1. The average Bonchev–Trinajstić information content (AvgIpc) is 2.27. The lowest BCUT2D eigenvalue weighted by molar-refractivity contribution is -0.137. The van der Waals surface area contributed by atoms with Gasteiger partial charge in [-0.05, 0) is 24.6 Å². The number of carbonyl (C=O) groups excluding carboxylic acids is 1. The number of hydrogen-bond acceptors (Lipinski definition) is 2. The molecule has 0 spiro atoms. The van der Waals surface area contributed by atoms with E-state index < -0.39 is 17.7 Å². The molecule has 1 rings (SSSR count). The molecule has 0 saturated heterocycles. The van der Waals surface area contributed by atoms with Gasteiger partial charge in [0, 0.05) is 0 Å². The highest BCUT2D eigenvalue weighted by molar-refractivity contribution is 6.33. The Labute approximate surface area is 108 Å². The summed E-state index contributed by atoms with van der Waals surface area (Å²) in [5.74, 6) is -0.706. The fourth-order valence-corrected chi connectivity index (χ4v) is 1.50. The summed E-state index contributed by atoms with van der Waals surface area (Å²) in [7, 11) is 0. The van der Waals surface area contributed by atoms with E-state index in [0.29, 0.717) is 6.42 Å². The second-order valence-electron chi connectivity index (χ2n) is 3.68. The Bertz CT molecular complexity index is 430. The van der Waals surface area contributed by atoms with Gasteiger partial charge in [0.25, 0.3) is 0 Å². The Balaban J connectivity index is 2.82. The fraction of sp³-hybridized carbons (Fsp3) is 0.417. The van der Waals surface area contributed by atoms with Crippen LogP contribution >= 0.6 is 11.6 Å². The van der Waals surface area contributed by atoms with Gasteiger partial charge in [0.1, 0.15) is 0 Å². The SMILES string of the molecule is CCCCOC(=O)c1ccc(C(F)(F)F)cc1Cl. The maximum absolute atomic E-state index is 12.4. The molecule has 0 amide bonds. The van der Waals surface area contributed by atoms with Gasteiger partial charge in [0.05, 0.1) is 22.8 Å². The summed E-state index contributed by atoms with van der Waals surface area (Å²) in [6, 6.07) is 2.56. The van der Waals surface area contributed by atoms with Gasteiger partial charge < -0.3 is 4.74 Å². The number of ether oxygens (including phenoxy) is 1. The van der Waals surface area contributed by atoms with Crippen molar-refractivity contribution in [3.63, 3.8) is 0 Å². The van der Waals surface area contributed by atoms with Crippen LogP contribution < -0.4 is 0 Å². The molecular weight excluding hydrogens is 269 g/mol. The summed E-state index contributed by atoms with van der Waals surface area (Å²) in [6.07, 6.45) is -2.92. The van der Waals surface area contributed by atoms with Crippen LogP contribution in [0.15, 0.2) is 18.2 Å². The van der Waals surface area contributed by atoms with Crippen LogP contribution in [0.3, 0.4) is 0 Å². The predicted molar refractivity (Wildman–Crippen MR) is 61.6 cm³/mol. The minimum atomic E-state index is -4.48. The van der Waals surface area contributed by atoms with Crippen molar-refractivity contribution in [1.29, 1.82) is 0 Å². The minimum absolute atomic E-state index is 0.0548. The lowest BCUT2D eigenvalue weighted by Gasteiger charge is -2.09. The Kier molecular flexibility index (Phi) is 5.02. The molecule has 0 aliphatic heterocycles. The molecule has 0 heterocycles. The van der Waals surface area contributed by atoms with Crippen LogP contribution in [0.25, 0.3) is 0 Å². The molecule has 100 valence electrons. The van der Waals surface area contributed by atoms with Crippen molar-refractivity contribution in [1.82, 2.24) is 0 Å². The molecule has 1 aromatic rings. The third-order valence-corrected chi connectivity index (χ3v) is 2.56. The predicted octanol–water partition coefficient (Wildman–Crippen LogP) is 4.32. The van der Waals surface area contributed by atoms with Gasteiger partial charge >= 0.3 is 12.1 Å². The minimum Gasteiger partial charge on any atom is -0.462 e. The molecule has 0 aliphatic rings. The first-order valence-corrected chi connectivity index (χ1v) is 5.78. The Hall–Kier alpha value is -1.23. The van der Waals surface area contributed by atoms with E-state index in [9.17, 15) is 18.0 Å². The number of esters is 1. The first-order valence-electron chi connectivity index (χ1n) is 5.40. The van der Waals surface area contributed by atoms with Crippen molar-refractivity contribution in [2.75, 3.05) is 6.61 Å². The monoisotopic (exact) mass is 280 g/mol. The third kappa shape index (κ3) is 3.91.